The molecule has 4 rings (SSSR count). The van der Waals surface area contributed by atoms with Crippen molar-refractivity contribution in [3.05, 3.63) is 40.4 Å². The number of hydrogen-bond acceptors (Lipinski definition) is 10. The van der Waals surface area contributed by atoms with Gasteiger partial charge in [0.1, 0.15) is 11.9 Å². The smallest absolute Gasteiger partial charge is 0.344 e. The Morgan fingerprint density at radius 2 is 1.80 bits per heavy atom. The van der Waals surface area contributed by atoms with Gasteiger partial charge in [0.2, 0.25) is 11.8 Å². The van der Waals surface area contributed by atoms with Gasteiger partial charge in [-0.2, -0.15) is 4.98 Å². The van der Waals surface area contributed by atoms with Crippen molar-refractivity contribution in [2.45, 2.75) is 78.4 Å². The molecule has 1 saturated carbocycles. The van der Waals surface area contributed by atoms with Gasteiger partial charge >= 0.3 is 7.60 Å². The van der Waals surface area contributed by atoms with Crippen LogP contribution in [0.5, 0.6) is 5.88 Å². The van der Waals surface area contributed by atoms with E-state index >= 15 is 0 Å². The third-order valence-corrected chi connectivity index (χ3v) is 9.48. The van der Waals surface area contributed by atoms with Crippen LogP contribution in [0.15, 0.2) is 29.2 Å². The van der Waals surface area contributed by atoms with Crippen molar-refractivity contribution < 1.29 is 18.3 Å². The van der Waals surface area contributed by atoms with Crippen LogP contribution in [0.3, 0.4) is 0 Å². The minimum absolute atomic E-state index is 0.0780. The minimum atomic E-state index is -3.24. The molecule has 3 heterocycles. The third kappa shape index (κ3) is 6.38. The molecule has 1 aliphatic carbocycles. The summed E-state index contributed by atoms with van der Waals surface area (Å²) in [5.41, 5.74) is 8.37. The summed E-state index contributed by atoms with van der Waals surface area (Å²) < 4.78 is 31.5. The Kier molecular flexibility index (Phi) is 9.61. The second-order valence-electron chi connectivity index (χ2n) is 10.4. The fourth-order valence-corrected chi connectivity index (χ4v) is 7.62. The van der Waals surface area contributed by atoms with Crippen molar-refractivity contribution in [1.82, 2.24) is 24.4 Å². The molecule has 1 aliphatic rings. The molecule has 0 atom stereocenters. The number of aryl methyl sites for hydroxylation is 1. The largest absolute Gasteiger partial charge is 0.481 e. The number of ether oxygens (including phenoxy) is 1. The number of aromatic nitrogens is 4. The second kappa shape index (κ2) is 12.8. The number of methoxy groups -OCH3 is 1. The molecule has 3 aromatic rings. The first kappa shape index (κ1) is 30.1. The highest BCUT2D eigenvalue weighted by Gasteiger charge is 2.35. The van der Waals surface area contributed by atoms with Gasteiger partial charge in [0.15, 0.2) is 0 Å². The predicted octanol–water partition coefficient (Wildman–Crippen LogP) is 5.17. The number of hydrogen-bond donors (Lipinski definition) is 1. The van der Waals surface area contributed by atoms with Gasteiger partial charge in [-0.05, 0) is 72.4 Å². The molecule has 12 heteroatoms. The average molecular weight is 573 g/mol. The zero-order valence-electron chi connectivity index (χ0n) is 24.3. The predicted molar refractivity (Wildman–Crippen MR) is 157 cm³/mol. The Balaban J connectivity index is 1.68. The van der Waals surface area contributed by atoms with Gasteiger partial charge in [0.25, 0.3) is 5.56 Å². The lowest BCUT2D eigenvalue weighted by molar-refractivity contribution is 0.110. The summed E-state index contributed by atoms with van der Waals surface area (Å²) in [6, 6.07) is 5.66. The van der Waals surface area contributed by atoms with Gasteiger partial charge < -0.3 is 19.5 Å². The van der Waals surface area contributed by atoms with E-state index in [4.69, 9.17) is 19.5 Å². The number of nitrogens with two attached hydrogens (primary N) is 1. The number of rotatable bonds is 11. The first-order valence-electron chi connectivity index (χ1n) is 13.9. The van der Waals surface area contributed by atoms with Gasteiger partial charge in [-0.3, -0.25) is 18.8 Å². The zero-order valence-corrected chi connectivity index (χ0v) is 25.2. The minimum Gasteiger partial charge on any atom is -0.481 e. The lowest BCUT2D eigenvalue weighted by atomic mass is 9.89. The van der Waals surface area contributed by atoms with Crippen molar-refractivity contribution in [1.29, 1.82) is 0 Å². The Morgan fingerprint density at radius 1 is 1.12 bits per heavy atom. The van der Waals surface area contributed by atoms with Gasteiger partial charge in [0.05, 0.1) is 26.0 Å². The molecule has 0 bridgehead atoms. The van der Waals surface area contributed by atoms with E-state index in [1.54, 1.807) is 23.9 Å². The Bertz CT molecular complexity index is 1410. The lowest BCUT2D eigenvalue weighted by Crippen LogP contribution is -2.44. The Labute approximate surface area is 235 Å². The van der Waals surface area contributed by atoms with Crippen LogP contribution in [0.25, 0.3) is 22.2 Å². The van der Waals surface area contributed by atoms with E-state index in [2.05, 4.69) is 33.7 Å². The topological polar surface area (TPSA) is 135 Å². The van der Waals surface area contributed by atoms with E-state index in [0.29, 0.717) is 41.6 Å². The van der Waals surface area contributed by atoms with Crippen LogP contribution >= 0.6 is 7.60 Å². The molecule has 0 spiro atoms. The molecule has 0 radical (unpaired) electrons. The molecule has 0 aromatic carbocycles. The van der Waals surface area contributed by atoms with Gasteiger partial charge in [-0.25, -0.2) is 9.97 Å². The maximum Gasteiger partial charge on any atom is 0.344 e. The monoisotopic (exact) mass is 572 g/mol. The van der Waals surface area contributed by atoms with Crippen molar-refractivity contribution in [3.8, 4) is 17.0 Å². The highest BCUT2D eigenvalue weighted by molar-refractivity contribution is 7.53. The maximum atomic E-state index is 14.0. The second-order valence-corrected chi connectivity index (χ2v) is 12.4. The molecule has 3 aromatic heterocycles. The van der Waals surface area contributed by atoms with E-state index in [0.717, 1.165) is 31.1 Å². The average Bonchev–Trinajstić information content (AvgIpc) is 2.92. The molecule has 0 aliphatic heterocycles. The summed E-state index contributed by atoms with van der Waals surface area (Å²) in [7, 11) is -1.69. The highest BCUT2D eigenvalue weighted by atomic mass is 31.2. The number of anilines is 1. The van der Waals surface area contributed by atoms with Gasteiger partial charge in [0, 0.05) is 46.9 Å². The highest BCUT2D eigenvalue weighted by Crippen LogP contribution is 2.50. The van der Waals surface area contributed by atoms with Gasteiger partial charge in [-0.1, -0.05) is 0 Å². The molecule has 1 fully saturated rings. The van der Waals surface area contributed by atoms with Crippen LogP contribution in [0.1, 0.15) is 65.1 Å². The summed E-state index contributed by atoms with van der Waals surface area (Å²) in [6.45, 7) is 10.4. The van der Waals surface area contributed by atoms with Crippen LogP contribution in [0.2, 0.25) is 0 Å². The molecule has 0 unspecified atom stereocenters. The third-order valence-electron chi connectivity index (χ3n) is 7.51. The number of pyridine rings is 2. The van der Waals surface area contributed by atoms with E-state index in [-0.39, 0.29) is 35.9 Å². The molecular formula is C28H41N6O5P. The first-order valence-corrected chi connectivity index (χ1v) is 15.7. The number of nitrogen functional groups attached to an aromatic ring is 1. The molecule has 218 valence electrons. The van der Waals surface area contributed by atoms with Crippen molar-refractivity contribution in [2.24, 2.45) is 0 Å². The lowest BCUT2D eigenvalue weighted by Gasteiger charge is -2.40. The normalized spacial score (nSPS) is 18.1. The van der Waals surface area contributed by atoms with Crippen molar-refractivity contribution in [3.63, 3.8) is 0 Å². The standard InChI is InChI=1S/C28H41N6O5P/c1-7-38-40(36,39-8-2)17-33(18(3)4)21-10-12-22(13-11-21)34-26-23(19(5)31-28(29)32-26)15-24(27(34)35)20-9-14-25(37-6)30-16-20/h9,14-16,18,21-22H,7-8,10-13,17H2,1-6H3,(H2,29,31,32). The number of fused-ring (bicyclic) bond motifs is 1. The van der Waals surface area contributed by atoms with E-state index in [1.165, 1.54) is 0 Å². The van der Waals surface area contributed by atoms with E-state index in [9.17, 15) is 9.36 Å². The molecule has 40 heavy (non-hydrogen) atoms. The summed E-state index contributed by atoms with van der Waals surface area (Å²) >= 11 is 0. The SMILES string of the molecule is CCOP(=O)(CN(C(C)C)C1CCC(n2c(=O)c(-c3ccc(OC)nc3)cc3c(C)nc(N)nc32)CC1)OCC. The van der Waals surface area contributed by atoms with Crippen LogP contribution in [0, 0.1) is 6.92 Å². The molecule has 0 amide bonds. The fraction of sp³-hybridized carbons (Fsp3) is 0.571. The number of nitrogens with zero attached hydrogens (tertiary/aromatic N) is 5. The Morgan fingerprint density at radius 3 is 2.35 bits per heavy atom. The summed E-state index contributed by atoms with van der Waals surface area (Å²) in [5.74, 6) is 0.614. The van der Waals surface area contributed by atoms with Crippen LogP contribution in [-0.2, 0) is 13.6 Å². The van der Waals surface area contributed by atoms with Crippen molar-refractivity contribution in [2.75, 3.05) is 32.3 Å². The van der Waals surface area contributed by atoms with Crippen LogP contribution in [0.4, 0.5) is 5.95 Å². The molecule has 0 saturated heterocycles. The zero-order chi connectivity index (χ0) is 29.0. The summed E-state index contributed by atoms with van der Waals surface area (Å²) in [5, 5.41) is 0.778. The van der Waals surface area contributed by atoms with Crippen LogP contribution in [-0.4, -0.2) is 63.1 Å². The van der Waals surface area contributed by atoms with Crippen molar-refractivity contribution >= 4 is 24.6 Å². The quantitative estimate of drug-likeness (QED) is 0.307. The summed E-state index contributed by atoms with van der Waals surface area (Å²) in [4.78, 5) is 29.4. The first-order chi connectivity index (χ1) is 19.1. The van der Waals surface area contributed by atoms with Gasteiger partial charge in [-0.15, -0.1) is 0 Å². The van der Waals surface area contributed by atoms with Crippen LogP contribution < -0.4 is 16.0 Å². The summed E-state index contributed by atoms with van der Waals surface area (Å²) in [6.07, 6.45) is 5.04. The van der Waals surface area contributed by atoms with E-state index < -0.39 is 7.60 Å². The van der Waals surface area contributed by atoms with E-state index in [1.807, 2.05) is 32.9 Å². The Hall–Kier alpha value is -2.85. The fourth-order valence-electron chi connectivity index (χ4n) is 5.64. The maximum absolute atomic E-state index is 14.0. The molecule has 11 nitrogen and oxygen atoms in total. The molecule has 2 N–H and O–H groups in total. The molecular weight excluding hydrogens is 531 g/mol.